The lowest BCUT2D eigenvalue weighted by atomic mass is 9.88. The summed E-state index contributed by atoms with van der Waals surface area (Å²) in [5.41, 5.74) is 9.89. The van der Waals surface area contributed by atoms with Crippen LogP contribution in [0.4, 0.5) is 5.69 Å². The van der Waals surface area contributed by atoms with Crippen LogP contribution in [0.3, 0.4) is 0 Å². The Morgan fingerprint density at radius 2 is 2.11 bits per heavy atom. The number of carbonyl (C=O) groups is 1. The van der Waals surface area contributed by atoms with Crippen molar-refractivity contribution in [2.45, 2.75) is 32.2 Å². The second kappa shape index (κ2) is 8.49. The van der Waals surface area contributed by atoms with Gasteiger partial charge in [-0.15, -0.1) is 0 Å². The van der Waals surface area contributed by atoms with E-state index in [1.165, 1.54) is 0 Å². The van der Waals surface area contributed by atoms with Gasteiger partial charge in [-0.3, -0.25) is 14.8 Å². The molecule has 0 spiro atoms. The van der Waals surface area contributed by atoms with Gasteiger partial charge in [-0.1, -0.05) is 0 Å². The number of aliphatic imine (C=N–C) groups is 1. The number of methoxy groups -OCH3 is 1. The van der Waals surface area contributed by atoms with Crippen LogP contribution in [0.1, 0.15) is 35.3 Å². The summed E-state index contributed by atoms with van der Waals surface area (Å²) in [7, 11) is 1.63. The Hall–Kier alpha value is -3.15. The number of benzene rings is 1. The van der Waals surface area contributed by atoms with Crippen molar-refractivity contribution in [2.24, 2.45) is 10.7 Å². The van der Waals surface area contributed by atoms with Gasteiger partial charge in [-0.05, 0) is 68.1 Å². The zero-order valence-electron chi connectivity index (χ0n) is 15.6. The van der Waals surface area contributed by atoms with E-state index >= 15 is 0 Å². The maximum atomic E-state index is 12.6. The molecule has 0 saturated heterocycles. The Kier molecular flexibility index (Phi) is 5.86. The largest absolute Gasteiger partial charge is 0.497 e. The third kappa shape index (κ3) is 4.53. The fraction of sp³-hybridized carbons (Fsp3) is 0.286. The molecule has 2 aromatic rings. The van der Waals surface area contributed by atoms with Gasteiger partial charge in [0.1, 0.15) is 11.4 Å². The van der Waals surface area contributed by atoms with Crippen LogP contribution in [-0.4, -0.2) is 29.8 Å². The Bertz CT molecular complexity index is 872. The summed E-state index contributed by atoms with van der Waals surface area (Å²) in [5, 5.41) is 3.05. The van der Waals surface area contributed by atoms with E-state index in [-0.39, 0.29) is 11.9 Å². The van der Waals surface area contributed by atoms with Gasteiger partial charge in [-0.2, -0.15) is 0 Å². The highest BCUT2D eigenvalue weighted by Gasteiger charge is 2.26. The molecule has 1 saturated carbocycles. The number of rotatable bonds is 4. The molecule has 6 heteroatoms. The van der Waals surface area contributed by atoms with Gasteiger partial charge in [0.25, 0.3) is 5.91 Å². The quantitative estimate of drug-likeness (QED) is 0.871. The number of nitrogens with zero attached hydrogens (tertiary/aromatic N) is 2. The standard InChI is InChI=1S/C21H24N4O2/c1-14-10-11-23-20(12-14)21(26)25-19-5-3-4-18(17(19)13-22)24-15-6-8-16(27-2)9-7-15/h6-13,19H,3-5,22H2,1-2H3,(H,25,26)/b17-13+,24-18?. The summed E-state index contributed by atoms with van der Waals surface area (Å²) < 4.78 is 5.18. The van der Waals surface area contributed by atoms with Crippen LogP contribution in [-0.2, 0) is 0 Å². The number of hydrogen-bond acceptors (Lipinski definition) is 5. The van der Waals surface area contributed by atoms with Gasteiger partial charge < -0.3 is 15.8 Å². The van der Waals surface area contributed by atoms with Gasteiger partial charge in [0.2, 0.25) is 0 Å². The van der Waals surface area contributed by atoms with Gasteiger partial charge in [-0.25, -0.2) is 0 Å². The van der Waals surface area contributed by atoms with E-state index in [9.17, 15) is 4.79 Å². The molecule has 3 rings (SSSR count). The van der Waals surface area contributed by atoms with Crippen molar-refractivity contribution in [2.75, 3.05) is 7.11 Å². The second-order valence-corrected chi connectivity index (χ2v) is 6.52. The number of hydrogen-bond donors (Lipinski definition) is 2. The van der Waals surface area contributed by atoms with Gasteiger partial charge in [0.05, 0.1) is 18.8 Å². The number of aromatic nitrogens is 1. The topological polar surface area (TPSA) is 89.6 Å². The Labute approximate surface area is 159 Å². The van der Waals surface area contributed by atoms with Crippen molar-refractivity contribution >= 4 is 17.3 Å². The van der Waals surface area contributed by atoms with Gasteiger partial charge >= 0.3 is 0 Å². The number of nitrogens with one attached hydrogen (secondary N) is 1. The fourth-order valence-electron chi connectivity index (χ4n) is 3.16. The van der Waals surface area contributed by atoms with E-state index in [1.54, 1.807) is 25.6 Å². The molecule has 0 bridgehead atoms. The fourth-order valence-corrected chi connectivity index (χ4v) is 3.16. The van der Waals surface area contributed by atoms with Crippen molar-refractivity contribution < 1.29 is 9.53 Å². The first-order valence-corrected chi connectivity index (χ1v) is 8.98. The summed E-state index contributed by atoms with van der Waals surface area (Å²) in [5.74, 6) is 0.585. The smallest absolute Gasteiger partial charge is 0.270 e. The van der Waals surface area contributed by atoms with Crippen molar-refractivity contribution in [1.82, 2.24) is 10.3 Å². The molecule has 1 unspecified atom stereocenters. The molecule has 1 aliphatic carbocycles. The van der Waals surface area contributed by atoms with Crippen molar-refractivity contribution in [1.29, 1.82) is 0 Å². The number of amides is 1. The van der Waals surface area contributed by atoms with Crippen LogP contribution in [0.5, 0.6) is 5.75 Å². The minimum Gasteiger partial charge on any atom is -0.497 e. The maximum absolute atomic E-state index is 12.6. The molecule has 27 heavy (non-hydrogen) atoms. The molecular formula is C21H24N4O2. The third-order valence-electron chi connectivity index (χ3n) is 4.58. The van der Waals surface area contributed by atoms with E-state index in [0.29, 0.717) is 5.69 Å². The number of ether oxygens (including phenoxy) is 1. The highest BCUT2D eigenvalue weighted by Crippen LogP contribution is 2.26. The molecule has 0 radical (unpaired) electrons. The van der Waals surface area contributed by atoms with Crippen LogP contribution < -0.4 is 15.8 Å². The van der Waals surface area contributed by atoms with Crippen LogP contribution in [0.2, 0.25) is 0 Å². The molecule has 1 heterocycles. The first-order chi connectivity index (χ1) is 13.1. The van der Waals surface area contributed by atoms with E-state index in [2.05, 4.69) is 10.3 Å². The lowest BCUT2D eigenvalue weighted by molar-refractivity contribution is 0.0936. The van der Waals surface area contributed by atoms with Crippen LogP contribution >= 0.6 is 0 Å². The normalized spacial score (nSPS) is 19.9. The maximum Gasteiger partial charge on any atom is 0.270 e. The molecule has 3 N–H and O–H groups in total. The van der Waals surface area contributed by atoms with Crippen LogP contribution in [0.25, 0.3) is 0 Å². The summed E-state index contributed by atoms with van der Waals surface area (Å²) in [4.78, 5) is 21.5. The second-order valence-electron chi connectivity index (χ2n) is 6.52. The van der Waals surface area contributed by atoms with Crippen molar-refractivity contribution in [3.05, 3.63) is 65.6 Å². The highest BCUT2D eigenvalue weighted by atomic mass is 16.5. The molecule has 1 fully saturated rings. The van der Waals surface area contributed by atoms with Gasteiger partial charge in [0, 0.05) is 23.7 Å². The molecule has 0 aliphatic heterocycles. The number of carbonyl (C=O) groups excluding carboxylic acids is 1. The third-order valence-corrected chi connectivity index (χ3v) is 4.58. The summed E-state index contributed by atoms with van der Waals surface area (Å²) in [6, 6.07) is 11.0. The predicted molar refractivity (Wildman–Crippen MR) is 106 cm³/mol. The highest BCUT2D eigenvalue weighted by molar-refractivity contribution is 6.04. The summed E-state index contributed by atoms with van der Waals surface area (Å²) in [6.45, 7) is 1.93. The zero-order chi connectivity index (χ0) is 19.2. The SMILES string of the molecule is COc1ccc(N=C2CCCC(NC(=O)c3cc(C)ccn3)/C2=C/N)cc1. The molecule has 1 aromatic carbocycles. The van der Waals surface area contributed by atoms with Crippen LogP contribution in [0.15, 0.2) is 59.4 Å². The number of aryl methyl sites for hydroxylation is 1. The average Bonchev–Trinajstić information content (AvgIpc) is 2.69. The first kappa shape index (κ1) is 18.6. The van der Waals surface area contributed by atoms with Crippen molar-refractivity contribution in [3.8, 4) is 5.75 Å². The molecule has 140 valence electrons. The number of pyridine rings is 1. The predicted octanol–water partition coefficient (Wildman–Crippen LogP) is 3.30. The lowest BCUT2D eigenvalue weighted by Crippen LogP contribution is -2.41. The molecular weight excluding hydrogens is 340 g/mol. The van der Waals surface area contributed by atoms with E-state index < -0.39 is 0 Å². The molecule has 6 nitrogen and oxygen atoms in total. The monoisotopic (exact) mass is 364 g/mol. The molecule has 1 aliphatic rings. The minimum absolute atomic E-state index is 0.171. The summed E-state index contributed by atoms with van der Waals surface area (Å²) in [6.07, 6.45) is 5.77. The Morgan fingerprint density at radius 1 is 1.33 bits per heavy atom. The van der Waals surface area contributed by atoms with Crippen LogP contribution in [0, 0.1) is 6.92 Å². The van der Waals surface area contributed by atoms with Gasteiger partial charge in [0.15, 0.2) is 0 Å². The molecule has 1 aromatic heterocycles. The van der Waals surface area contributed by atoms with E-state index in [1.807, 2.05) is 37.3 Å². The number of nitrogens with two attached hydrogens (primary N) is 1. The molecule has 1 amide bonds. The van der Waals surface area contributed by atoms with Crippen molar-refractivity contribution in [3.63, 3.8) is 0 Å². The first-order valence-electron chi connectivity index (χ1n) is 8.98. The van der Waals surface area contributed by atoms with E-state index in [4.69, 9.17) is 15.5 Å². The summed E-state index contributed by atoms with van der Waals surface area (Å²) >= 11 is 0. The zero-order valence-corrected chi connectivity index (χ0v) is 15.6. The van der Waals surface area contributed by atoms with E-state index in [0.717, 1.165) is 47.5 Å². The average molecular weight is 364 g/mol. The molecule has 1 atom stereocenters. The minimum atomic E-state index is -0.200. The Morgan fingerprint density at radius 3 is 2.78 bits per heavy atom. The lowest BCUT2D eigenvalue weighted by Gasteiger charge is -2.27. The Balaban J connectivity index is 1.78.